The number of carboxylic acids is 1. The fourth-order valence-electron chi connectivity index (χ4n) is 0.478. The van der Waals surface area contributed by atoms with Crippen molar-refractivity contribution in [2.75, 3.05) is 0 Å². The van der Waals surface area contributed by atoms with Gasteiger partial charge in [-0.2, -0.15) is 0 Å². The maximum Gasteiger partial charge on any atom is 0.335 e. The Morgan fingerprint density at radius 3 is 3.00 bits per heavy atom. The summed E-state index contributed by atoms with van der Waals surface area (Å²) in [6, 6.07) is 3.84. The van der Waals surface area contributed by atoms with Gasteiger partial charge in [-0.05, 0) is 12.1 Å². The van der Waals surface area contributed by atoms with Gasteiger partial charge < -0.3 is 5.11 Å². The summed E-state index contributed by atoms with van der Waals surface area (Å²) in [6.07, 6.45) is 0. The van der Waals surface area contributed by atoms with Crippen LogP contribution in [0.3, 0.4) is 0 Å². The van der Waals surface area contributed by atoms with Gasteiger partial charge in [-0.25, -0.2) is 4.79 Å². The molecule has 0 spiro atoms. The number of carbonyl (C=O) groups is 1. The Morgan fingerprint density at radius 2 is 2.44 bits per heavy atom. The SMILES string of the molecule is [2H]c1cccc(C(=O)O)c1[2H]. The van der Waals surface area contributed by atoms with Gasteiger partial charge in [0.25, 0.3) is 0 Å². The number of carboxylic acid groups (broad SMARTS) is 1. The molecule has 0 amide bonds. The van der Waals surface area contributed by atoms with Crippen molar-refractivity contribution in [3.8, 4) is 0 Å². The fraction of sp³-hybridized carbons (Fsp3) is 0. The van der Waals surface area contributed by atoms with E-state index in [1.54, 1.807) is 0 Å². The van der Waals surface area contributed by atoms with Gasteiger partial charge in [0.15, 0.2) is 0 Å². The van der Waals surface area contributed by atoms with Crippen molar-refractivity contribution < 1.29 is 12.6 Å². The predicted molar refractivity (Wildman–Crippen MR) is 33.4 cm³/mol. The summed E-state index contributed by atoms with van der Waals surface area (Å²) in [5.41, 5.74) is -0.127. The number of hydrogen-bond acceptors (Lipinski definition) is 1. The zero-order valence-corrected chi connectivity index (χ0v) is 4.59. The third-order valence-corrected chi connectivity index (χ3v) is 0.880. The Labute approximate surface area is 55.6 Å². The molecule has 0 unspecified atom stereocenters. The first kappa shape index (κ1) is 3.67. The summed E-state index contributed by atoms with van der Waals surface area (Å²) in [4.78, 5) is 10.4. The summed E-state index contributed by atoms with van der Waals surface area (Å²) in [5, 5.41) is 8.49. The standard InChI is InChI=1S/C7H6O2/c8-7(9)6-4-2-1-3-5-6/h1-5H,(H,8,9)/i2D,4D. The lowest BCUT2D eigenvalue weighted by molar-refractivity contribution is 0.0697. The molecule has 0 aliphatic rings. The largest absolute Gasteiger partial charge is 0.478 e. The van der Waals surface area contributed by atoms with E-state index in [2.05, 4.69) is 0 Å². The lowest BCUT2D eigenvalue weighted by atomic mass is 10.2. The van der Waals surface area contributed by atoms with Gasteiger partial charge >= 0.3 is 5.97 Å². The van der Waals surface area contributed by atoms with Crippen molar-refractivity contribution in [3.05, 3.63) is 35.8 Å². The van der Waals surface area contributed by atoms with Crippen molar-refractivity contribution in [3.63, 3.8) is 0 Å². The van der Waals surface area contributed by atoms with Crippen molar-refractivity contribution in [1.29, 1.82) is 0 Å². The molecule has 9 heavy (non-hydrogen) atoms. The number of rotatable bonds is 1. The summed E-state index contributed by atoms with van der Waals surface area (Å²) in [5.74, 6) is -1.16. The zero-order chi connectivity index (χ0) is 8.43. The number of benzene rings is 1. The molecule has 1 aromatic rings. The molecular weight excluding hydrogens is 116 g/mol. The van der Waals surface area contributed by atoms with Crippen LogP contribution >= 0.6 is 0 Å². The second kappa shape index (κ2) is 2.31. The molecule has 0 saturated heterocycles. The Morgan fingerprint density at radius 1 is 1.67 bits per heavy atom. The van der Waals surface area contributed by atoms with Crippen molar-refractivity contribution in [2.24, 2.45) is 0 Å². The van der Waals surface area contributed by atoms with Crippen LogP contribution in [0.5, 0.6) is 0 Å². The molecule has 0 saturated carbocycles. The lowest BCUT2D eigenvalue weighted by Crippen LogP contribution is -1.93. The average molecular weight is 124 g/mol. The van der Waals surface area contributed by atoms with Crippen LogP contribution in [0.4, 0.5) is 0 Å². The summed E-state index contributed by atoms with van der Waals surface area (Å²) < 4.78 is 14.3. The summed E-state index contributed by atoms with van der Waals surface area (Å²) in [6.45, 7) is 0. The normalized spacial score (nSPS) is 12.0. The molecule has 0 bridgehead atoms. The van der Waals surface area contributed by atoms with Crippen LogP contribution in [-0.2, 0) is 0 Å². The Balaban J connectivity index is 3.27. The van der Waals surface area contributed by atoms with Gasteiger partial charge in [-0.1, -0.05) is 18.2 Å². The van der Waals surface area contributed by atoms with E-state index in [0.29, 0.717) is 0 Å². The lowest BCUT2D eigenvalue weighted by Gasteiger charge is -1.88. The molecule has 0 aliphatic carbocycles. The Kier molecular flexibility index (Phi) is 0.939. The van der Waals surface area contributed by atoms with Crippen LogP contribution in [0.1, 0.15) is 13.1 Å². The summed E-state index contributed by atoms with van der Waals surface area (Å²) >= 11 is 0. The quantitative estimate of drug-likeness (QED) is 0.614. The molecule has 0 heterocycles. The molecule has 2 nitrogen and oxygen atoms in total. The van der Waals surface area contributed by atoms with E-state index >= 15 is 0 Å². The van der Waals surface area contributed by atoms with Gasteiger partial charge in [0.05, 0.1) is 8.30 Å². The molecule has 0 atom stereocenters. The second-order valence-electron chi connectivity index (χ2n) is 1.51. The van der Waals surface area contributed by atoms with E-state index in [9.17, 15) is 4.79 Å². The van der Waals surface area contributed by atoms with Crippen molar-refractivity contribution in [1.82, 2.24) is 0 Å². The van der Waals surface area contributed by atoms with Gasteiger partial charge in [0, 0.05) is 0 Å². The van der Waals surface area contributed by atoms with Gasteiger partial charge in [-0.15, -0.1) is 0 Å². The molecular formula is C7H6O2. The van der Waals surface area contributed by atoms with Crippen LogP contribution in [-0.4, -0.2) is 11.1 Å². The third-order valence-electron chi connectivity index (χ3n) is 0.880. The molecule has 2 heteroatoms. The maximum atomic E-state index is 10.4. The molecule has 1 N–H and O–H groups in total. The minimum absolute atomic E-state index is 0.0649. The second-order valence-corrected chi connectivity index (χ2v) is 1.51. The molecule has 0 radical (unpaired) electrons. The maximum absolute atomic E-state index is 10.4. The van der Waals surface area contributed by atoms with Gasteiger partial charge in [-0.3, -0.25) is 0 Å². The highest BCUT2D eigenvalue weighted by Crippen LogP contribution is 1.96. The van der Waals surface area contributed by atoms with Crippen LogP contribution in [0.2, 0.25) is 0 Å². The molecule has 46 valence electrons. The van der Waals surface area contributed by atoms with E-state index in [1.165, 1.54) is 18.2 Å². The molecule has 1 aromatic carbocycles. The first-order valence-electron chi connectivity index (χ1n) is 3.42. The predicted octanol–water partition coefficient (Wildman–Crippen LogP) is 1.38. The molecule has 0 fully saturated rings. The topological polar surface area (TPSA) is 37.3 Å². The highest BCUT2D eigenvalue weighted by Gasteiger charge is 1.96. The van der Waals surface area contributed by atoms with Crippen LogP contribution in [0.15, 0.2) is 30.3 Å². The van der Waals surface area contributed by atoms with Gasteiger partial charge in [0.2, 0.25) is 0 Å². The van der Waals surface area contributed by atoms with Crippen LogP contribution in [0, 0.1) is 0 Å². The van der Waals surface area contributed by atoms with E-state index in [-0.39, 0.29) is 17.6 Å². The zero-order valence-electron chi connectivity index (χ0n) is 6.59. The highest BCUT2D eigenvalue weighted by atomic mass is 16.4. The average Bonchev–Trinajstić information content (AvgIpc) is 1.94. The van der Waals surface area contributed by atoms with Crippen LogP contribution in [0.25, 0.3) is 0 Å². The first-order chi connectivity index (χ1) is 5.13. The smallest absolute Gasteiger partial charge is 0.335 e. The molecule has 0 aliphatic heterocycles. The Bertz CT molecular complexity index is 296. The van der Waals surface area contributed by atoms with E-state index in [1.807, 2.05) is 0 Å². The van der Waals surface area contributed by atoms with Gasteiger partial charge in [0.1, 0.15) is 0 Å². The van der Waals surface area contributed by atoms with Crippen molar-refractivity contribution >= 4 is 5.97 Å². The van der Waals surface area contributed by atoms with Crippen LogP contribution < -0.4 is 0 Å². The first-order valence-corrected chi connectivity index (χ1v) is 2.42. The minimum Gasteiger partial charge on any atom is -0.478 e. The summed E-state index contributed by atoms with van der Waals surface area (Å²) in [7, 11) is 0. The number of hydrogen-bond donors (Lipinski definition) is 1. The Hall–Kier alpha value is -1.31. The monoisotopic (exact) mass is 124 g/mol. The minimum atomic E-state index is -1.16. The third kappa shape index (κ3) is 1.29. The highest BCUT2D eigenvalue weighted by molar-refractivity contribution is 5.87. The van der Waals surface area contributed by atoms with E-state index in [0.717, 1.165) is 0 Å². The number of aromatic carboxylic acids is 1. The van der Waals surface area contributed by atoms with E-state index in [4.69, 9.17) is 7.85 Å². The van der Waals surface area contributed by atoms with Crippen molar-refractivity contribution in [2.45, 2.75) is 0 Å². The molecule has 0 aromatic heterocycles. The fourth-order valence-corrected chi connectivity index (χ4v) is 0.478. The van der Waals surface area contributed by atoms with E-state index < -0.39 is 5.97 Å². The molecule has 1 rings (SSSR count).